The Morgan fingerprint density at radius 1 is 0.960 bits per heavy atom. The molecule has 0 aliphatic heterocycles. The van der Waals surface area contributed by atoms with Gasteiger partial charge >= 0.3 is 12.0 Å². The standard InChI is InChI=1S/C19H15N3O3/c20-19(24)22-21-12-14-7-2-4-11-17(14)25-18(23)16-10-5-8-13-6-1-3-9-15(13)16/h1-12H,(H3,20,22,24)/b21-12-. The summed E-state index contributed by atoms with van der Waals surface area (Å²) in [6, 6.07) is 19.1. The summed E-state index contributed by atoms with van der Waals surface area (Å²) < 4.78 is 5.52. The molecular weight excluding hydrogens is 318 g/mol. The second-order valence-corrected chi connectivity index (χ2v) is 5.19. The van der Waals surface area contributed by atoms with E-state index in [0.29, 0.717) is 16.9 Å². The Bertz CT molecular complexity index is 962. The zero-order chi connectivity index (χ0) is 17.6. The van der Waals surface area contributed by atoms with Crippen molar-refractivity contribution in [3.63, 3.8) is 0 Å². The van der Waals surface area contributed by atoms with Crippen molar-refractivity contribution in [1.82, 2.24) is 5.43 Å². The summed E-state index contributed by atoms with van der Waals surface area (Å²) in [5.74, 6) is -0.143. The second-order valence-electron chi connectivity index (χ2n) is 5.19. The largest absolute Gasteiger partial charge is 0.422 e. The molecule has 6 heteroatoms. The van der Waals surface area contributed by atoms with E-state index in [-0.39, 0.29) is 0 Å². The highest BCUT2D eigenvalue weighted by atomic mass is 16.5. The van der Waals surface area contributed by atoms with Crippen LogP contribution in [0.25, 0.3) is 10.8 Å². The molecule has 3 aromatic carbocycles. The van der Waals surface area contributed by atoms with Gasteiger partial charge in [0.15, 0.2) is 0 Å². The third kappa shape index (κ3) is 3.81. The Morgan fingerprint density at radius 2 is 1.68 bits per heavy atom. The highest BCUT2D eigenvalue weighted by Crippen LogP contribution is 2.22. The van der Waals surface area contributed by atoms with E-state index in [1.165, 1.54) is 6.21 Å². The van der Waals surface area contributed by atoms with Crippen LogP contribution < -0.4 is 15.9 Å². The Morgan fingerprint density at radius 3 is 2.52 bits per heavy atom. The number of nitrogens with zero attached hydrogens (tertiary/aromatic N) is 1. The number of para-hydroxylation sites is 1. The average molecular weight is 333 g/mol. The molecule has 0 radical (unpaired) electrons. The van der Waals surface area contributed by atoms with Crippen LogP contribution in [0.4, 0.5) is 4.79 Å². The van der Waals surface area contributed by atoms with Gasteiger partial charge in [-0.1, -0.05) is 48.5 Å². The zero-order valence-corrected chi connectivity index (χ0v) is 13.2. The Hall–Kier alpha value is -3.67. The lowest BCUT2D eigenvalue weighted by atomic mass is 10.0. The van der Waals surface area contributed by atoms with Gasteiger partial charge in [0, 0.05) is 5.56 Å². The maximum atomic E-state index is 12.6. The minimum Gasteiger partial charge on any atom is -0.422 e. The molecule has 124 valence electrons. The number of fused-ring (bicyclic) bond motifs is 1. The molecule has 3 rings (SSSR count). The van der Waals surface area contributed by atoms with E-state index in [0.717, 1.165) is 10.8 Å². The van der Waals surface area contributed by atoms with E-state index < -0.39 is 12.0 Å². The topological polar surface area (TPSA) is 93.8 Å². The van der Waals surface area contributed by atoms with Crippen molar-refractivity contribution in [2.45, 2.75) is 0 Å². The quantitative estimate of drug-likeness (QED) is 0.332. The number of benzene rings is 3. The molecule has 0 heterocycles. The number of rotatable bonds is 4. The van der Waals surface area contributed by atoms with Crippen LogP contribution in [0.1, 0.15) is 15.9 Å². The van der Waals surface area contributed by atoms with Crippen LogP contribution in [-0.4, -0.2) is 18.2 Å². The fourth-order valence-corrected chi connectivity index (χ4v) is 2.40. The van der Waals surface area contributed by atoms with Crippen LogP contribution in [0.5, 0.6) is 5.75 Å². The SMILES string of the molecule is NC(=O)N/N=C\c1ccccc1OC(=O)c1cccc2ccccc12. The maximum absolute atomic E-state index is 12.6. The van der Waals surface area contributed by atoms with E-state index in [1.807, 2.05) is 36.4 Å². The number of hydrazone groups is 1. The second kappa shape index (κ2) is 7.27. The minimum atomic E-state index is -0.776. The van der Waals surface area contributed by atoms with E-state index in [1.54, 1.807) is 30.3 Å². The number of amides is 2. The lowest BCUT2D eigenvalue weighted by Gasteiger charge is -2.09. The smallest absolute Gasteiger partial charge is 0.344 e. The molecule has 0 unspecified atom stereocenters. The molecule has 0 aliphatic rings. The van der Waals surface area contributed by atoms with Gasteiger partial charge in [0.1, 0.15) is 5.75 Å². The molecule has 0 spiro atoms. The summed E-state index contributed by atoms with van der Waals surface area (Å²) in [7, 11) is 0. The zero-order valence-electron chi connectivity index (χ0n) is 13.2. The van der Waals surface area contributed by atoms with Crippen LogP contribution >= 0.6 is 0 Å². The number of nitrogens with two attached hydrogens (primary N) is 1. The van der Waals surface area contributed by atoms with Crippen molar-refractivity contribution >= 4 is 29.0 Å². The summed E-state index contributed by atoms with van der Waals surface area (Å²) in [4.78, 5) is 23.3. The van der Waals surface area contributed by atoms with Crippen LogP contribution in [0.3, 0.4) is 0 Å². The van der Waals surface area contributed by atoms with Crippen molar-refractivity contribution in [1.29, 1.82) is 0 Å². The lowest BCUT2D eigenvalue weighted by Crippen LogP contribution is -2.24. The highest BCUT2D eigenvalue weighted by Gasteiger charge is 2.13. The van der Waals surface area contributed by atoms with Gasteiger partial charge in [0.25, 0.3) is 0 Å². The number of carbonyl (C=O) groups excluding carboxylic acids is 2. The molecule has 25 heavy (non-hydrogen) atoms. The predicted octanol–water partition coefficient (Wildman–Crippen LogP) is 3.06. The number of urea groups is 1. The normalized spacial score (nSPS) is 10.7. The first-order chi connectivity index (χ1) is 12.1. The summed E-state index contributed by atoms with van der Waals surface area (Å²) >= 11 is 0. The lowest BCUT2D eigenvalue weighted by molar-refractivity contribution is 0.0736. The summed E-state index contributed by atoms with van der Waals surface area (Å²) in [5.41, 5.74) is 8.06. The summed E-state index contributed by atoms with van der Waals surface area (Å²) in [5, 5.41) is 5.46. The third-order valence-electron chi connectivity index (χ3n) is 3.51. The van der Waals surface area contributed by atoms with E-state index in [2.05, 4.69) is 10.5 Å². The molecule has 0 atom stereocenters. The van der Waals surface area contributed by atoms with E-state index in [4.69, 9.17) is 10.5 Å². The first-order valence-electron chi connectivity index (χ1n) is 7.52. The van der Waals surface area contributed by atoms with E-state index >= 15 is 0 Å². The fraction of sp³-hybridized carbons (Fsp3) is 0. The van der Waals surface area contributed by atoms with Gasteiger partial charge in [-0.25, -0.2) is 15.0 Å². The average Bonchev–Trinajstić information content (AvgIpc) is 2.62. The number of nitrogens with one attached hydrogen (secondary N) is 1. The number of primary amides is 1. The van der Waals surface area contributed by atoms with Gasteiger partial charge in [0.05, 0.1) is 11.8 Å². The van der Waals surface area contributed by atoms with Crippen LogP contribution in [0.15, 0.2) is 71.8 Å². The first-order valence-corrected chi connectivity index (χ1v) is 7.52. The van der Waals surface area contributed by atoms with Crippen molar-refractivity contribution in [2.75, 3.05) is 0 Å². The Kier molecular flexibility index (Phi) is 4.71. The number of carbonyl (C=O) groups is 2. The van der Waals surface area contributed by atoms with Gasteiger partial charge in [-0.2, -0.15) is 5.10 Å². The molecule has 0 saturated carbocycles. The molecule has 3 N–H and O–H groups in total. The summed E-state index contributed by atoms with van der Waals surface area (Å²) in [6.45, 7) is 0. The van der Waals surface area contributed by atoms with Gasteiger partial charge in [-0.05, 0) is 29.0 Å². The third-order valence-corrected chi connectivity index (χ3v) is 3.51. The monoisotopic (exact) mass is 333 g/mol. The maximum Gasteiger partial charge on any atom is 0.344 e. The number of hydrogen-bond acceptors (Lipinski definition) is 4. The van der Waals surface area contributed by atoms with Gasteiger partial charge in [-0.15, -0.1) is 0 Å². The molecule has 2 amide bonds. The van der Waals surface area contributed by atoms with E-state index in [9.17, 15) is 9.59 Å². The number of ether oxygens (including phenoxy) is 1. The molecular formula is C19H15N3O3. The number of esters is 1. The highest BCUT2D eigenvalue weighted by molar-refractivity contribution is 6.05. The molecule has 0 fully saturated rings. The Balaban J connectivity index is 1.88. The van der Waals surface area contributed by atoms with Crippen LogP contribution in [0.2, 0.25) is 0 Å². The molecule has 0 saturated heterocycles. The molecule has 0 aliphatic carbocycles. The molecule has 0 aromatic heterocycles. The van der Waals surface area contributed by atoms with Crippen molar-refractivity contribution in [3.8, 4) is 5.75 Å². The van der Waals surface area contributed by atoms with Gasteiger partial charge in [0.2, 0.25) is 0 Å². The summed E-state index contributed by atoms with van der Waals surface area (Å²) in [6.07, 6.45) is 1.36. The molecule has 0 bridgehead atoms. The fourth-order valence-electron chi connectivity index (χ4n) is 2.40. The van der Waals surface area contributed by atoms with Crippen LogP contribution in [0, 0.1) is 0 Å². The molecule has 6 nitrogen and oxygen atoms in total. The predicted molar refractivity (Wildman–Crippen MR) is 95.7 cm³/mol. The van der Waals surface area contributed by atoms with Crippen molar-refractivity contribution in [2.24, 2.45) is 10.8 Å². The Labute approximate surface area is 143 Å². The van der Waals surface area contributed by atoms with Crippen molar-refractivity contribution in [3.05, 3.63) is 77.9 Å². The number of hydrogen-bond donors (Lipinski definition) is 2. The van der Waals surface area contributed by atoms with Gasteiger partial charge < -0.3 is 10.5 Å². The van der Waals surface area contributed by atoms with Gasteiger partial charge in [-0.3, -0.25) is 0 Å². The van der Waals surface area contributed by atoms with Crippen LogP contribution in [-0.2, 0) is 0 Å². The molecule has 3 aromatic rings. The van der Waals surface area contributed by atoms with Crippen molar-refractivity contribution < 1.29 is 14.3 Å². The first kappa shape index (κ1) is 16.2. The minimum absolute atomic E-state index is 0.329.